The molecule has 1 aliphatic carbocycles. The fraction of sp³-hybridized carbons (Fsp3) is 0.714. The van der Waals surface area contributed by atoms with Gasteiger partial charge in [-0.3, -0.25) is 0 Å². The molecule has 2 unspecified atom stereocenters. The number of hydrogen-bond acceptors (Lipinski definition) is 5. The number of aryl methyl sites for hydroxylation is 1. The maximum absolute atomic E-state index is 4.56. The molecule has 2 atom stereocenters. The van der Waals surface area contributed by atoms with Crippen LogP contribution in [0.3, 0.4) is 0 Å². The van der Waals surface area contributed by atoms with Crippen molar-refractivity contribution in [2.45, 2.75) is 51.3 Å². The highest BCUT2D eigenvalue weighted by Crippen LogP contribution is 2.31. The molecule has 1 fully saturated rings. The van der Waals surface area contributed by atoms with E-state index >= 15 is 0 Å². The van der Waals surface area contributed by atoms with E-state index in [1.807, 2.05) is 6.20 Å². The third-order valence-corrected chi connectivity index (χ3v) is 4.67. The van der Waals surface area contributed by atoms with Gasteiger partial charge in [0.2, 0.25) is 5.95 Å². The molecule has 0 amide bonds. The summed E-state index contributed by atoms with van der Waals surface area (Å²) in [7, 11) is 0. The first-order valence-electron chi connectivity index (χ1n) is 7.18. The zero-order valence-electron chi connectivity index (χ0n) is 12.1. The summed E-state index contributed by atoms with van der Waals surface area (Å²) < 4.78 is 0. The first-order chi connectivity index (χ1) is 9.22. The van der Waals surface area contributed by atoms with Crippen molar-refractivity contribution in [1.29, 1.82) is 0 Å². The van der Waals surface area contributed by atoms with Gasteiger partial charge in [-0.1, -0.05) is 6.92 Å². The van der Waals surface area contributed by atoms with Crippen molar-refractivity contribution < 1.29 is 0 Å². The van der Waals surface area contributed by atoms with Crippen LogP contribution in [-0.4, -0.2) is 33.6 Å². The zero-order chi connectivity index (χ0) is 13.7. The van der Waals surface area contributed by atoms with E-state index in [1.54, 1.807) is 0 Å². The van der Waals surface area contributed by atoms with Crippen LogP contribution >= 0.6 is 11.8 Å². The summed E-state index contributed by atoms with van der Waals surface area (Å²) in [5.41, 5.74) is 1.12. The van der Waals surface area contributed by atoms with E-state index in [-0.39, 0.29) is 0 Å². The Morgan fingerprint density at radius 1 is 1.37 bits per heavy atom. The van der Waals surface area contributed by atoms with Crippen LogP contribution in [-0.2, 0) is 0 Å². The molecule has 1 saturated carbocycles. The summed E-state index contributed by atoms with van der Waals surface area (Å²) in [6, 6.07) is 0.562. The number of rotatable bonds is 6. The van der Waals surface area contributed by atoms with Crippen molar-refractivity contribution in [1.82, 2.24) is 9.97 Å². The lowest BCUT2D eigenvalue weighted by Crippen LogP contribution is -2.18. The van der Waals surface area contributed by atoms with E-state index < -0.39 is 0 Å². The van der Waals surface area contributed by atoms with Crippen LogP contribution in [0.2, 0.25) is 0 Å². The predicted molar refractivity (Wildman–Crippen MR) is 84.1 cm³/mol. The van der Waals surface area contributed by atoms with Crippen molar-refractivity contribution >= 4 is 23.5 Å². The standard InChI is InChI=1S/C14H24N4S/c1-4-15-14-16-9-10(3)13(18-14)17-11-6-7-12(8-11)19-5-2/h9,11-12H,4-8H2,1-3H3,(H2,15,16,17,18). The Bertz CT molecular complexity index is 410. The molecule has 0 aromatic carbocycles. The highest BCUT2D eigenvalue weighted by molar-refractivity contribution is 7.99. The number of nitrogens with zero attached hydrogens (tertiary/aromatic N) is 2. The van der Waals surface area contributed by atoms with Crippen LogP contribution in [0.1, 0.15) is 38.7 Å². The van der Waals surface area contributed by atoms with Gasteiger partial charge in [0.05, 0.1) is 0 Å². The van der Waals surface area contributed by atoms with Crippen LogP contribution in [0.4, 0.5) is 11.8 Å². The smallest absolute Gasteiger partial charge is 0.224 e. The molecule has 1 aromatic rings. The van der Waals surface area contributed by atoms with Crippen LogP contribution in [0.15, 0.2) is 6.20 Å². The first kappa shape index (κ1) is 14.4. The van der Waals surface area contributed by atoms with Gasteiger partial charge in [0.25, 0.3) is 0 Å². The van der Waals surface area contributed by atoms with Gasteiger partial charge in [-0.15, -0.1) is 0 Å². The number of hydrogen-bond donors (Lipinski definition) is 2. The van der Waals surface area contributed by atoms with Gasteiger partial charge in [-0.25, -0.2) is 4.98 Å². The predicted octanol–water partition coefficient (Wildman–Crippen LogP) is 3.30. The summed E-state index contributed by atoms with van der Waals surface area (Å²) in [6.07, 6.45) is 5.71. The van der Waals surface area contributed by atoms with E-state index in [0.717, 1.165) is 23.2 Å². The van der Waals surface area contributed by atoms with Crippen molar-refractivity contribution in [3.05, 3.63) is 11.8 Å². The zero-order valence-corrected chi connectivity index (χ0v) is 12.9. The van der Waals surface area contributed by atoms with Crippen molar-refractivity contribution in [2.24, 2.45) is 0 Å². The fourth-order valence-electron chi connectivity index (χ4n) is 2.48. The first-order valence-corrected chi connectivity index (χ1v) is 8.23. The second-order valence-electron chi connectivity index (χ2n) is 4.99. The minimum atomic E-state index is 0.562. The SMILES string of the molecule is CCNc1ncc(C)c(NC2CCC(SCC)C2)n1. The van der Waals surface area contributed by atoms with E-state index in [4.69, 9.17) is 0 Å². The Labute approximate surface area is 120 Å². The van der Waals surface area contributed by atoms with Gasteiger partial charge in [-0.05, 0) is 38.9 Å². The molecule has 1 aliphatic rings. The molecule has 0 bridgehead atoms. The molecule has 0 aliphatic heterocycles. The van der Waals surface area contributed by atoms with Gasteiger partial charge in [0.1, 0.15) is 5.82 Å². The molecule has 5 heteroatoms. The number of aromatic nitrogens is 2. The molecule has 106 valence electrons. The Morgan fingerprint density at radius 3 is 2.95 bits per heavy atom. The summed E-state index contributed by atoms with van der Waals surface area (Å²) in [4.78, 5) is 8.84. The van der Waals surface area contributed by atoms with E-state index in [0.29, 0.717) is 12.0 Å². The topological polar surface area (TPSA) is 49.8 Å². The molecular formula is C14H24N4S. The molecule has 0 spiro atoms. The number of nitrogens with one attached hydrogen (secondary N) is 2. The largest absolute Gasteiger partial charge is 0.367 e. The van der Waals surface area contributed by atoms with Crippen LogP contribution in [0.25, 0.3) is 0 Å². The summed E-state index contributed by atoms with van der Waals surface area (Å²) in [6.45, 7) is 7.20. The minimum Gasteiger partial charge on any atom is -0.367 e. The van der Waals surface area contributed by atoms with Gasteiger partial charge in [0.15, 0.2) is 0 Å². The third kappa shape index (κ3) is 4.00. The van der Waals surface area contributed by atoms with E-state index in [9.17, 15) is 0 Å². The summed E-state index contributed by atoms with van der Waals surface area (Å²) >= 11 is 2.08. The molecule has 2 rings (SSSR count). The van der Waals surface area contributed by atoms with E-state index in [1.165, 1.54) is 25.0 Å². The highest BCUT2D eigenvalue weighted by Gasteiger charge is 2.25. The van der Waals surface area contributed by atoms with E-state index in [2.05, 4.69) is 53.1 Å². The minimum absolute atomic E-state index is 0.562. The lowest BCUT2D eigenvalue weighted by molar-refractivity contribution is 0.750. The highest BCUT2D eigenvalue weighted by atomic mass is 32.2. The van der Waals surface area contributed by atoms with Gasteiger partial charge >= 0.3 is 0 Å². The monoisotopic (exact) mass is 280 g/mol. The fourth-order valence-corrected chi connectivity index (χ4v) is 3.63. The van der Waals surface area contributed by atoms with Crippen LogP contribution < -0.4 is 10.6 Å². The number of thioether (sulfide) groups is 1. The second kappa shape index (κ2) is 6.98. The molecule has 0 radical (unpaired) electrons. The quantitative estimate of drug-likeness (QED) is 0.837. The molecule has 1 heterocycles. The van der Waals surface area contributed by atoms with Gasteiger partial charge < -0.3 is 10.6 Å². The molecule has 19 heavy (non-hydrogen) atoms. The normalized spacial score (nSPS) is 22.5. The Kier molecular flexibility index (Phi) is 5.31. The van der Waals surface area contributed by atoms with Crippen molar-refractivity contribution in [3.63, 3.8) is 0 Å². The third-order valence-electron chi connectivity index (χ3n) is 3.43. The summed E-state index contributed by atoms with van der Waals surface area (Å²) in [5, 5.41) is 7.57. The average Bonchev–Trinajstić information content (AvgIpc) is 2.82. The molecule has 0 saturated heterocycles. The van der Waals surface area contributed by atoms with Gasteiger partial charge in [-0.2, -0.15) is 16.7 Å². The van der Waals surface area contributed by atoms with Gasteiger partial charge in [0, 0.05) is 29.6 Å². The Hall–Kier alpha value is -0.970. The molecule has 4 nitrogen and oxygen atoms in total. The molecule has 2 N–H and O–H groups in total. The number of anilines is 2. The van der Waals surface area contributed by atoms with Crippen molar-refractivity contribution in [2.75, 3.05) is 22.9 Å². The lowest BCUT2D eigenvalue weighted by Gasteiger charge is -2.16. The maximum atomic E-state index is 4.56. The van der Waals surface area contributed by atoms with Crippen LogP contribution in [0, 0.1) is 6.92 Å². The molecule has 1 aromatic heterocycles. The second-order valence-corrected chi connectivity index (χ2v) is 6.56. The van der Waals surface area contributed by atoms with Crippen molar-refractivity contribution in [3.8, 4) is 0 Å². The summed E-state index contributed by atoms with van der Waals surface area (Å²) in [5.74, 6) is 2.92. The lowest BCUT2D eigenvalue weighted by atomic mass is 10.2. The Morgan fingerprint density at radius 2 is 2.21 bits per heavy atom. The molecular weight excluding hydrogens is 256 g/mol. The maximum Gasteiger partial charge on any atom is 0.224 e. The van der Waals surface area contributed by atoms with Crippen LogP contribution in [0.5, 0.6) is 0 Å². The Balaban J connectivity index is 1.97. The average molecular weight is 280 g/mol.